The van der Waals surface area contributed by atoms with Gasteiger partial charge < -0.3 is 4.74 Å². The Balaban J connectivity index is 2.15. The molecule has 1 atom stereocenters. The number of hydrogen-bond donors (Lipinski definition) is 0. The van der Waals surface area contributed by atoms with E-state index in [1.165, 1.54) is 38.5 Å². The third-order valence-corrected chi connectivity index (χ3v) is 3.43. The molecule has 1 fully saturated rings. The number of rotatable bonds is 7. The Bertz CT molecular complexity index is 259. The second kappa shape index (κ2) is 8.16. The first-order valence-electron chi connectivity index (χ1n) is 6.83. The second-order valence-corrected chi connectivity index (χ2v) is 5.22. The minimum atomic E-state index is 0.631. The van der Waals surface area contributed by atoms with Crippen molar-refractivity contribution in [2.45, 2.75) is 45.4 Å². The molecule has 0 heterocycles. The lowest BCUT2D eigenvalue weighted by Gasteiger charge is -2.24. The first kappa shape index (κ1) is 14.1. The number of allylic oxidation sites excluding steroid dienone is 3. The molecule has 0 bridgehead atoms. The molecule has 1 rings (SSSR count). The summed E-state index contributed by atoms with van der Waals surface area (Å²) < 4.78 is 5.62. The molecular formula is C16H26O. The topological polar surface area (TPSA) is 9.23 Å². The van der Waals surface area contributed by atoms with Gasteiger partial charge in [0.15, 0.2) is 0 Å². The van der Waals surface area contributed by atoms with Crippen LogP contribution in [0.1, 0.15) is 45.4 Å². The molecule has 0 aromatic heterocycles. The van der Waals surface area contributed by atoms with Crippen LogP contribution in [0.2, 0.25) is 0 Å². The fraction of sp³-hybridized carbons (Fsp3) is 0.625. The third kappa shape index (κ3) is 6.35. The highest BCUT2D eigenvalue weighted by molar-refractivity contribution is 5.12. The molecule has 0 amide bonds. The van der Waals surface area contributed by atoms with Gasteiger partial charge in [-0.25, -0.2) is 0 Å². The molecule has 0 saturated heterocycles. The van der Waals surface area contributed by atoms with Gasteiger partial charge in [0.25, 0.3) is 0 Å². The van der Waals surface area contributed by atoms with E-state index in [4.69, 9.17) is 4.74 Å². The molecule has 0 radical (unpaired) electrons. The summed E-state index contributed by atoms with van der Waals surface area (Å²) >= 11 is 0. The summed E-state index contributed by atoms with van der Waals surface area (Å²) in [5, 5.41) is 0. The molecule has 1 aliphatic carbocycles. The zero-order valence-electron chi connectivity index (χ0n) is 11.2. The SMILES string of the molecule is C=C/C=C\C(=C)OCC(C)CC1CCCCC1. The van der Waals surface area contributed by atoms with Gasteiger partial charge in [0, 0.05) is 0 Å². The molecule has 0 aromatic carbocycles. The van der Waals surface area contributed by atoms with E-state index in [1.807, 2.05) is 12.2 Å². The second-order valence-electron chi connectivity index (χ2n) is 5.22. The molecule has 1 saturated carbocycles. The minimum absolute atomic E-state index is 0.631. The van der Waals surface area contributed by atoms with Crippen LogP contribution in [0.3, 0.4) is 0 Å². The molecule has 1 unspecified atom stereocenters. The van der Waals surface area contributed by atoms with Crippen LogP contribution >= 0.6 is 0 Å². The largest absolute Gasteiger partial charge is 0.494 e. The highest BCUT2D eigenvalue weighted by Gasteiger charge is 2.16. The molecular weight excluding hydrogens is 208 g/mol. The van der Waals surface area contributed by atoms with Gasteiger partial charge in [-0.2, -0.15) is 0 Å². The quantitative estimate of drug-likeness (QED) is 0.451. The summed E-state index contributed by atoms with van der Waals surface area (Å²) in [6, 6.07) is 0. The summed E-state index contributed by atoms with van der Waals surface area (Å²) in [5.41, 5.74) is 0. The van der Waals surface area contributed by atoms with Crippen LogP contribution in [0.25, 0.3) is 0 Å². The van der Waals surface area contributed by atoms with Crippen LogP contribution in [0.15, 0.2) is 37.1 Å². The predicted molar refractivity (Wildman–Crippen MR) is 74.8 cm³/mol. The van der Waals surface area contributed by atoms with Crippen LogP contribution in [0.5, 0.6) is 0 Å². The van der Waals surface area contributed by atoms with Crippen molar-refractivity contribution >= 4 is 0 Å². The maximum Gasteiger partial charge on any atom is 0.112 e. The number of ether oxygens (including phenoxy) is 1. The van der Waals surface area contributed by atoms with Gasteiger partial charge in [0.2, 0.25) is 0 Å². The van der Waals surface area contributed by atoms with E-state index in [2.05, 4.69) is 20.1 Å². The first-order valence-corrected chi connectivity index (χ1v) is 6.83. The van der Waals surface area contributed by atoms with Crippen molar-refractivity contribution in [1.82, 2.24) is 0 Å². The highest BCUT2D eigenvalue weighted by Crippen LogP contribution is 2.29. The van der Waals surface area contributed by atoms with E-state index in [1.54, 1.807) is 6.08 Å². The monoisotopic (exact) mass is 234 g/mol. The van der Waals surface area contributed by atoms with Gasteiger partial charge >= 0.3 is 0 Å². The van der Waals surface area contributed by atoms with Crippen molar-refractivity contribution in [2.75, 3.05) is 6.61 Å². The van der Waals surface area contributed by atoms with Crippen LogP contribution in [0, 0.1) is 11.8 Å². The van der Waals surface area contributed by atoms with E-state index in [0.717, 1.165) is 18.3 Å². The van der Waals surface area contributed by atoms with Crippen LogP contribution < -0.4 is 0 Å². The van der Waals surface area contributed by atoms with E-state index >= 15 is 0 Å². The van der Waals surface area contributed by atoms with Crippen LogP contribution in [0.4, 0.5) is 0 Å². The van der Waals surface area contributed by atoms with Gasteiger partial charge in [-0.15, -0.1) is 0 Å². The van der Waals surface area contributed by atoms with Crippen molar-refractivity contribution in [2.24, 2.45) is 11.8 Å². The normalized spacial score (nSPS) is 19.1. The molecule has 1 aliphatic rings. The first-order chi connectivity index (χ1) is 8.22. The zero-order valence-corrected chi connectivity index (χ0v) is 11.2. The lowest BCUT2D eigenvalue weighted by Crippen LogP contribution is -2.14. The fourth-order valence-corrected chi connectivity index (χ4v) is 2.53. The molecule has 0 N–H and O–H groups in total. The Labute approximate surface area is 106 Å². The average molecular weight is 234 g/mol. The third-order valence-electron chi connectivity index (χ3n) is 3.43. The van der Waals surface area contributed by atoms with Gasteiger partial charge in [-0.3, -0.25) is 0 Å². The minimum Gasteiger partial charge on any atom is -0.494 e. The molecule has 1 nitrogen and oxygen atoms in total. The lowest BCUT2D eigenvalue weighted by atomic mass is 9.83. The van der Waals surface area contributed by atoms with Gasteiger partial charge in [0.05, 0.1) is 6.61 Å². The molecule has 1 heteroatoms. The summed E-state index contributed by atoms with van der Waals surface area (Å²) in [6.45, 7) is 10.5. The van der Waals surface area contributed by atoms with E-state index in [9.17, 15) is 0 Å². The van der Waals surface area contributed by atoms with Crippen molar-refractivity contribution in [3.8, 4) is 0 Å². The molecule has 0 spiro atoms. The van der Waals surface area contributed by atoms with Gasteiger partial charge in [0.1, 0.15) is 5.76 Å². The Hall–Kier alpha value is -0.980. The summed E-state index contributed by atoms with van der Waals surface area (Å²) in [5.74, 6) is 2.30. The van der Waals surface area contributed by atoms with Gasteiger partial charge in [-0.05, 0) is 24.3 Å². The standard InChI is InChI=1S/C16H26O/c1-4-5-9-15(3)17-13-14(2)12-16-10-7-6-8-11-16/h4-5,9,14,16H,1,3,6-8,10-13H2,2H3/b9-5-. The highest BCUT2D eigenvalue weighted by atomic mass is 16.5. The van der Waals surface area contributed by atoms with Crippen molar-refractivity contribution in [3.63, 3.8) is 0 Å². The Morgan fingerprint density at radius 2 is 2.06 bits per heavy atom. The summed E-state index contributed by atoms with van der Waals surface area (Å²) in [7, 11) is 0. The lowest BCUT2D eigenvalue weighted by molar-refractivity contribution is 0.159. The Morgan fingerprint density at radius 1 is 1.35 bits per heavy atom. The van der Waals surface area contributed by atoms with Crippen LogP contribution in [-0.4, -0.2) is 6.61 Å². The molecule has 0 aromatic rings. The predicted octanol–water partition coefficient (Wildman–Crippen LogP) is 4.87. The van der Waals surface area contributed by atoms with Crippen molar-refractivity contribution in [3.05, 3.63) is 37.1 Å². The molecule has 0 aliphatic heterocycles. The van der Waals surface area contributed by atoms with E-state index in [0.29, 0.717) is 5.92 Å². The fourth-order valence-electron chi connectivity index (χ4n) is 2.53. The van der Waals surface area contributed by atoms with Crippen molar-refractivity contribution in [1.29, 1.82) is 0 Å². The zero-order chi connectivity index (χ0) is 12.5. The number of hydrogen-bond acceptors (Lipinski definition) is 1. The van der Waals surface area contributed by atoms with Crippen LogP contribution in [-0.2, 0) is 4.74 Å². The Kier molecular flexibility index (Phi) is 6.76. The van der Waals surface area contributed by atoms with E-state index in [-0.39, 0.29) is 0 Å². The maximum atomic E-state index is 5.62. The summed E-state index contributed by atoms with van der Waals surface area (Å²) in [4.78, 5) is 0. The van der Waals surface area contributed by atoms with Crippen molar-refractivity contribution < 1.29 is 4.74 Å². The van der Waals surface area contributed by atoms with E-state index < -0.39 is 0 Å². The molecule has 96 valence electrons. The Morgan fingerprint density at radius 3 is 2.71 bits per heavy atom. The average Bonchev–Trinajstić information content (AvgIpc) is 2.35. The maximum absolute atomic E-state index is 5.62. The van der Waals surface area contributed by atoms with Gasteiger partial charge in [-0.1, -0.05) is 64.3 Å². The summed E-state index contributed by atoms with van der Waals surface area (Å²) in [6.07, 6.45) is 13.9. The molecule has 17 heavy (non-hydrogen) atoms. The smallest absolute Gasteiger partial charge is 0.112 e.